The molecule has 0 aliphatic rings. The fourth-order valence-electron chi connectivity index (χ4n) is 1.10. The van der Waals surface area contributed by atoms with E-state index in [2.05, 4.69) is 17.3 Å². The number of aromatic nitrogens is 2. The van der Waals surface area contributed by atoms with Crippen molar-refractivity contribution in [1.29, 1.82) is 0 Å². The number of halogens is 1. The predicted octanol–water partition coefficient (Wildman–Crippen LogP) is 1.70. The number of likely N-dealkylation sites (N-methyl/N-ethyl adjacent to an activating group) is 1. The van der Waals surface area contributed by atoms with Gasteiger partial charge in [-0.25, -0.2) is 0 Å². The van der Waals surface area contributed by atoms with E-state index in [1.807, 2.05) is 17.9 Å². The zero-order chi connectivity index (χ0) is 10.2. The Bertz CT molecular complexity index is 253. The SMILES string of the molecule is CCCCOc1cnn(CCNC)c1.Cl. The molecule has 0 radical (unpaired) electrons. The van der Waals surface area contributed by atoms with Gasteiger partial charge in [-0.2, -0.15) is 5.10 Å². The minimum atomic E-state index is 0. The Hall–Kier alpha value is -0.740. The molecule has 5 heteroatoms. The van der Waals surface area contributed by atoms with Gasteiger partial charge in [0.1, 0.15) is 0 Å². The second-order valence-electron chi connectivity index (χ2n) is 3.24. The van der Waals surface area contributed by atoms with Gasteiger partial charge < -0.3 is 10.1 Å². The Kier molecular flexibility index (Phi) is 8.14. The molecule has 4 nitrogen and oxygen atoms in total. The summed E-state index contributed by atoms with van der Waals surface area (Å²) in [5.41, 5.74) is 0. The zero-order valence-electron chi connectivity index (χ0n) is 9.40. The topological polar surface area (TPSA) is 39.1 Å². The van der Waals surface area contributed by atoms with E-state index in [0.29, 0.717) is 0 Å². The molecule has 15 heavy (non-hydrogen) atoms. The molecular weight excluding hydrogens is 214 g/mol. The summed E-state index contributed by atoms with van der Waals surface area (Å²) in [5.74, 6) is 0.870. The van der Waals surface area contributed by atoms with Crippen molar-refractivity contribution < 1.29 is 4.74 Å². The van der Waals surface area contributed by atoms with Crippen molar-refractivity contribution in [1.82, 2.24) is 15.1 Å². The van der Waals surface area contributed by atoms with Gasteiger partial charge >= 0.3 is 0 Å². The number of nitrogens with one attached hydrogen (secondary N) is 1. The van der Waals surface area contributed by atoms with E-state index in [4.69, 9.17) is 4.74 Å². The minimum Gasteiger partial charge on any atom is -0.490 e. The van der Waals surface area contributed by atoms with Crippen LogP contribution in [-0.2, 0) is 6.54 Å². The highest BCUT2D eigenvalue weighted by atomic mass is 35.5. The summed E-state index contributed by atoms with van der Waals surface area (Å²) in [6, 6.07) is 0. The van der Waals surface area contributed by atoms with E-state index in [9.17, 15) is 0 Å². The molecule has 0 saturated carbocycles. The quantitative estimate of drug-likeness (QED) is 0.729. The molecule has 0 saturated heterocycles. The highest BCUT2D eigenvalue weighted by Gasteiger charge is 1.97. The predicted molar refractivity (Wildman–Crippen MR) is 63.8 cm³/mol. The summed E-state index contributed by atoms with van der Waals surface area (Å²) in [6.45, 7) is 4.75. The molecule has 88 valence electrons. The van der Waals surface area contributed by atoms with E-state index >= 15 is 0 Å². The van der Waals surface area contributed by atoms with Crippen molar-refractivity contribution in [2.24, 2.45) is 0 Å². The largest absolute Gasteiger partial charge is 0.490 e. The fourth-order valence-corrected chi connectivity index (χ4v) is 1.10. The van der Waals surface area contributed by atoms with Gasteiger partial charge in [-0.3, -0.25) is 4.68 Å². The van der Waals surface area contributed by atoms with Crippen LogP contribution >= 0.6 is 12.4 Å². The number of hydrogen-bond acceptors (Lipinski definition) is 3. The first-order valence-electron chi connectivity index (χ1n) is 5.16. The van der Waals surface area contributed by atoms with Crippen LogP contribution in [-0.4, -0.2) is 30.0 Å². The number of hydrogen-bond donors (Lipinski definition) is 1. The number of nitrogens with zero attached hydrogens (tertiary/aromatic N) is 2. The molecule has 0 fully saturated rings. The van der Waals surface area contributed by atoms with Gasteiger partial charge in [0.05, 0.1) is 25.5 Å². The van der Waals surface area contributed by atoms with Crippen LogP contribution in [0.25, 0.3) is 0 Å². The molecule has 0 aromatic carbocycles. The third kappa shape index (κ3) is 5.64. The Morgan fingerprint density at radius 1 is 1.53 bits per heavy atom. The summed E-state index contributed by atoms with van der Waals surface area (Å²) in [7, 11) is 1.93. The van der Waals surface area contributed by atoms with Crippen molar-refractivity contribution >= 4 is 12.4 Å². The van der Waals surface area contributed by atoms with Crippen LogP contribution in [0.3, 0.4) is 0 Å². The van der Waals surface area contributed by atoms with Crippen molar-refractivity contribution in [2.75, 3.05) is 20.2 Å². The molecule has 0 spiro atoms. The number of rotatable bonds is 7. The smallest absolute Gasteiger partial charge is 0.157 e. The lowest BCUT2D eigenvalue weighted by atomic mass is 10.4. The molecule has 0 amide bonds. The Morgan fingerprint density at radius 2 is 2.33 bits per heavy atom. The summed E-state index contributed by atoms with van der Waals surface area (Å²) in [6.07, 6.45) is 5.97. The maximum absolute atomic E-state index is 5.50. The van der Waals surface area contributed by atoms with Crippen molar-refractivity contribution in [3.63, 3.8) is 0 Å². The second-order valence-corrected chi connectivity index (χ2v) is 3.24. The lowest BCUT2D eigenvalue weighted by Gasteiger charge is -2.01. The zero-order valence-corrected chi connectivity index (χ0v) is 10.2. The molecule has 0 aliphatic carbocycles. The van der Waals surface area contributed by atoms with E-state index in [-0.39, 0.29) is 12.4 Å². The van der Waals surface area contributed by atoms with Crippen molar-refractivity contribution in [3.8, 4) is 5.75 Å². The van der Waals surface area contributed by atoms with Crippen molar-refractivity contribution in [2.45, 2.75) is 26.3 Å². The molecular formula is C10H20ClN3O. The first-order chi connectivity index (χ1) is 6.86. The van der Waals surface area contributed by atoms with Crippen LogP contribution in [0.4, 0.5) is 0 Å². The maximum atomic E-state index is 5.50. The third-order valence-corrected chi connectivity index (χ3v) is 1.97. The van der Waals surface area contributed by atoms with Gasteiger partial charge in [0.25, 0.3) is 0 Å². The second kappa shape index (κ2) is 8.56. The first-order valence-corrected chi connectivity index (χ1v) is 5.16. The molecule has 0 atom stereocenters. The normalized spacial score (nSPS) is 9.73. The number of unbranched alkanes of at least 4 members (excludes halogenated alkanes) is 1. The fraction of sp³-hybridized carbons (Fsp3) is 0.700. The average molecular weight is 234 g/mol. The average Bonchev–Trinajstić information content (AvgIpc) is 2.63. The van der Waals surface area contributed by atoms with Crippen LogP contribution in [0.2, 0.25) is 0 Å². The van der Waals surface area contributed by atoms with Gasteiger partial charge in [-0.15, -0.1) is 12.4 Å². The van der Waals surface area contributed by atoms with Gasteiger partial charge in [-0.1, -0.05) is 13.3 Å². The Morgan fingerprint density at radius 3 is 3.00 bits per heavy atom. The summed E-state index contributed by atoms with van der Waals surface area (Å²) < 4.78 is 7.39. The van der Waals surface area contributed by atoms with Gasteiger partial charge in [0, 0.05) is 6.54 Å². The molecule has 1 aromatic rings. The standard InChI is InChI=1S/C10H19N3O.ClH/c1-3-4-7-14-10-8-12-13(9-10)6-5-11-2;/h8-9,11H,3-7H2,1-2H3;1H. The monoisotopic (exact) mass is 233 g/mol. The van der Waals surface area contributed by atoms with Crippen LogP contribution < -0.4 is 10.1 Å². The van der Waals surface area contributed by atoms with Gasteiger partial charge in [0.2, 0.25) is 0 Å². The molecule has 0 bridgehead atoms. The van der Waals surface area contributed by atoms with Crippen LogP contribution in [0.5, 0.6) is 5.75 Å². The van der Waals surface area contributed by atoms with E-state index in [1.165, 1.54) is 0 Å². The van der Waals surface area contributed by atoms with Crippen LogP contribution in [0, 0.1) is 0 Å². The Labute approximate surface area is 97.4 Å². The van der Waals surface area contributed by atoms with E-state index in [1.54, 1.807) is 6.20 Å². The summed E-state index contributed by atoms with van der Waals surface area (Å²) >= 11 is 0. The van der Waals surface area contributed by atoms with Gasteiger partial charge in [-0.05, 0) is 13.5 Å². The van der Waals surface area contributed by atoms with Crippen molar-refractivity contribution in [3.05, 3.63) is 12.4 Å². The summed E-state index contributed by atoms with van der Waals surface area (Å²) in [4.78, 5) is 0. The van der Waals surface area contributed by atoms with Crippen LogP contribution in [0.15, 0.2) is 12.4 Å². The molecule has 1 aromatic heterocycles. The van der Waals surface area contributed by atoms with Gasteiger partial charge in [0.15, 0.2) is 5.75 Å². The highest BCUT2D eigenvalue weighted by molar-refractivity contribution is 5.85. The molecule has 0 aliphatic heterocycles. The lowest BCUT2D eigenvalue weighted by Crippen LogP contribution is -2.14. The molecule has 1 heterocycles. The minimum absolute atomic E-state index is 0. The molecule has 1 rings (SSSR count). The maximum Gasteiger partial charge on any atom is 0.157 e. The lowest BCUT2D eigenvalue weighted by molar-refractivity contribution is 0.309. The van der Waals surface area contributed by atoms with Crippen LogP contribution in [0.1, 0.15) is 19.8 Å². The summed E-state index contributed by atoms with van der Waals surface area (Å²) in [5, 5.41) is 7.26. The third-order valence-electron chi connectivity index (χ3n) is 1.97. The first kappa shape index (κ1) is 14.3. The van der Waals surface area contributed by atoms with E-state index in [0.717, 1.165) is 38.3 Å². The van der Waals surface area contributed by atoms with E-state index < -0.39 is 0 Å². The highest BCUT2D eigenvalue weighted by Crippen LogP contribution is 2.08. The number of ether oxygens (including phenoxy) is 1. The molecule has 1 N–H and O–H groups in total. The molecule has 0 unspecified atom stereocenters. The Balaban J connectivity index is 0.00000196.